The molecule has 1 aromatic rings. The Morgan fingerprint density at radius 2 is 2.10 bits per heavy atom. The smallest absolute Gasteiger partial charge is 0.165 e. The second-order valence-corrected chi connectivity index (χ2v) is 6.17. The van der Waals surface area contributed by atoms with Gasteiger partial charge in [0.1, 0.15) is 0 Å². The lowest BCUT2D eigenvalue weighted by atomic mass is 9.72. The third kappa shape index (κ3) is 3.72. The summed E-state index contributed by atoms with van der Waals surface area (Å²) in [4.78, 5) is 0. The van der Waals surface area contributed by atoms with Gasteiger partial charge < -0.3 is 10.1 Å². The predicted molar refractivity (Wildman–Crippen MR) is 80.6 cm³/mol. The number of hydrogen-bond acceptors (Lipinski definition) is 2. The van der Waals surface area contributed by atoms with Crippen molar-refractivity contribution < 1.29 is 9.13 Å². The Morgan fingerprint density at radius 3 is 2.75 bits per heavy atom. The van der Waals surface area contributed by atoms with Crippen molar-refractivity contribution in [3.63, 3.8) is 0 Å². The van der Waals surface area contributed by atoms with Gasteiger partial charge in [0.2, 0.25) is 0 Å². The number of benzene rings is 1. The van der Waals surface area contributed by atoms with E-state index in [0.29, 0.717) is 17.6 Å². The molecule has 2 nitrogen and oxygen atoms in total. The fourth-order valence-corrected chi connectivity index (χ4v) is 3.48. The van der Waals surface area contributed by atoms with Crippen LogP contribution in [0.2, 0.25) is 0 Å². The van der Waals surface area contributed by atoms with Gasteiger partial charge in [0.25, 0.3) is 0 Å². The molecule has 3 atom stereocenters. The van der Waals surface area contributed by atoms with Crippen LogP contribution in [0.1, 0.15) is 31.7 Å². The highest BCUT2D eigenvalue weighted by Gasteiger charge is 2.28. The molecule has 1 saturated carbocycles. The minimum absolute atomic E-state index is 0.251. The van der Waals surface area contributed by atoms with E-state index in [1.54, 1.807) is 12.1 Å². The summed E-state index contributed by atoms with van der Waals surface area (Å²) in [6, 6.07) is 5.37. The summed E-state index contributed by atoms with van der Waals surface area (Å²) in [5.41, 5.74) is 1.09. The fraction of sp³-hybridized carbons (Fsp3) is 0.647. The first-order valence-corrected chi connectivity index (χ1v) is 7.61. The molecule has 1 N–H and O–H groups in total. The Balaban J connectivity index is 2.07. The van der Waals surface area contributed by atoms with Crippen LogP contribution in [0.4, 0.5) is 4.39 Å². The lowest BCUT2D eigenvalue weighted by Crippen LogP contribution is -2.32. The lowest BCUT2D eigenvalue weighted by Gasteiger charge is -2.35. The Bertz CT molecular complexity index is 435. The maximum atomic E-state index is 13.8. The monoisotopic (exact) mass is 279 g/mol. The normalized spacial score (nSPS) is 26.5. The van der Waals surface area contributed by atoms with E-state index in [0.717, 1.165) is 24.4 Å². The molecule has 0 aromatic heterocycles. The Hall–Kier alpha value is -1.09. The molecule has 20 heavy (non-hydrogen) atoms. The van der Waals surface area contributed by atoms with E-state index in [-0.39, 0.29) is 5.82 Å². The third-order valence-corrected chi connectivity index (χ3v) is 4.58. The van der Waals surface area contributed by atoms with Crippen molar-refractivity contribution in [2.75, 3.05) is 20.7 Å². The molecule has 3 heteroatoms. The van der Waals surface area contributed by atoms with Crippen LogP contribution >= 0.6 is 0 Å². The molecular formula is C17H26FNO. The summed E-state index contributed by atoms with van der Waals surface area (Å²) in [5, 5.41) is 3.30. The summed E-state index contributed by atoms with van der Waals surface area (Å²) in [6.45, 7) is 3.40. The van der Waals surface area contributed by atoms with E-state index >= 15 is 0 Å². The zero-order valence-corrected chi connectivity index (χ0v) is 12.8. The van der Waals surface area contributed by atoms with Gasteiger partial charge in [-0.3, -0.25) is 0 Å². The molecule has 1 aromatic carbocycles. The number of ether oxygens (including phenoxy) is 1. The van der Waals surface area contributed by atoms with Crippen LogP contribution in [0.25, 0.3) is 0 Å². The van der Waals surface area contributed by atoms with Gasteiger partial charge in [-0.1, -0.05) is 19.4 Å². The van der Waals surface area contributed by atoms with Gasteiger partial charge in [-0.05, 0) is 68.3 Å². The van der Waals surface area contributed by atoms with Crippen LogP contribution in [-0.2, 0) is 6.42 Å². The molecule has 1 fully saturated rings. The topological polar surface area (TPSA) is 21.3 Å². The van der Waals surface area contributed by atoms with E-state index in [1.807, 2.05) is 13.1 Å². The molecule has 0 radical (unpaired) electrons. The number of rotatable bonds is 5. The van der Waals surface area contributed by atoms with Crippen molar-refractivity contribution in [2.24, 2.45) is 17.8 Å². The standard InChI is InChI=1S/C17H26FNO/c1-12-4-6-14(11-19-2)15(8-12)9-13-5-7-17(20-3)16(18)10-13/h5,7,10,12,14-15,19H,4,6,8-9,11H2,1-3H3. The van der Waals surface area contributed by atoms with Crippen molar-refractivity contribution in [3.8, 4) is 5.75 Å². The average molecular weight is 279 g/mol. The van der Waals surface area contributed by atoms with Crippen LogP contribution in [-0.4, -0.2) is 20.7 Å². The molecule has 112 valence electrons. The SMILES string of the molecule is CNCC1CCC(C)CC1Cc1ccc(OC)c(F)c1. The van der Waals surface area contributed by atoms with Crippen LogP contribution < -0.4 is 10.1 Å². The number of halogens is 1. The number of nitrogens with one attached hydrogen (secondary N) is 1. The van der Waals surface area contributed by atoms with E-state index in [9.17, 15) is 4.39 Å². The second-order valence-electron chi connectivity index (χ2n) is 6.17. The molecule has 0 saturated heterocycles. The van der Waals surface area contributed by atoms with E-state index < -0.39 is 0 Å². The number of methoxy groups -OCH3 is 1. The molecular weight excluding hydrogens is 253 g/mol. The summed E-state index contributed by atoms with van der Waals surface area (Å²) in [5.74, 6) is 2.23. The van der Waals surface area contributed by atoms with Crippen LogP contribution in [0.15, 0.2) is 18.2 Å². The largest absolute Gasteiger partial charge is 0.494 e. The van der Waals surface area contributed by atoms with Gasteiger partial charge >= 0.3 is 0 Å². The minimum Gasteiger partial charge on any atom is -0.494 e. The van der Waals surface area contributed by atoms with Gasteiger partial charge in [0.15, 0.2) is 11.6 Å². The number of hydrogen-bond donors (Lipinski definition) is 1. The molecule has 0 spiro atoms. The zero-order chi connectivity index (χ0) is 14.5. The van der Waals surface area contributed by atoms with Crippen molar-refractivity contribution in [1.82, 2.24) is 5.32 Å². The predicted octanol–water partition coefficient (Wildman–Crippen LogP) is 3.65. The van der Waals surface area contributed by atoms with Crippen molar-refractivity contribution >= 4 is 0 Å². The molecule has 0 aliphatic heterocycles. The quantitative estimate of drug-likeness (QED) is 0.888. The first-order valence-electron chi connectivity index (χ1n) is 7.61. The Morgan fingerprint density at radius 1 is 1.30 bits per heavy atom. The Labute approximate surface area is 121 Å². The maximum absolute atomic E-state index is 13.8. The van der Waals surface area contributed by atoms with Gasteiger partial charge in [-0.2, -0.15) is 0 Å². The van der Waals surface area contributed by atoms with E-state index in [2.05, 4.69) is 12.2 Å². The van der Waals surface area contributed by atoms with Crippen LogP contribution in [0.5, 0.6) is 5.75 Å². The molecule has 0 bridgehead atoms. The van der Waals surface area contributed by atoms with E-state index in [1.165, 1.54) is 26.4 Å². The Kier molecular flexibility index (Phi) is 5.41. The second kappa shape index (κ2) is 7.07. The average Bonchev–Trinajstić information content (AvgIpc) is 2.42. The first kappa shape index (κ1) is 15.3. The zero-order valence-electron chi connectivity index (χ0n) is 12.8. The molecule has 0 heterocycles. The van der Waals surface area contributed by atoms with Crippen LogP contribution in [0, 0.1) is 23.6 Å². The summed E-state index contributed by atoms with van der Waals surface area (Å²) < 4.78 is 18.8. The highest BCUT2D eigenvalue weighted by molar-refractivity contribution is 5.29. The molecule has 0 amide bonds. The van der Waals surface area contributed by atoms with Crippen molar-refractivity contribution in [3.05, 3.63) is 29.6 Å². The van der Waals surface area contributed by atoms with Crippen molar-refractivity contribution in [2.45, 2.75) is 32.6 Å². The molecule has 3 unspecified atom stereocenters. The minimum atomic E-state index is -0.251. The fourth-order valence-electron chi connectivity index (χ4n) is 3.48. The highest BCUT2D eigenvalue weighted by Crippen LogP contribution is 2.36. The summed E-state index contributed by atoms with van der Waals surface area (Å²) >= 11 is 0. The van der Waals surface area contributed by atoms with Crippen molar-refractivity contribution in [1.29, 1.82) is 0 Å². The van der Waals surface area contributed by atoms with Gasteiger partial charge in [-0.25, -0.2) is 4.39 Å². The summed E-state index contributed by atoms with van der Waals surface area (Å²) in [6.07, 6.45) is 4.82. The maximum Gasteiger partial charge on any atom is 0.165 e. The molecule has 1 aliphatic rings. The third-order valence-electron chi connectivity index (χ3n) is 4.58. The molecule has 2 rings (SSSR count). The highest BCUT2D eigenvalue weighted by atomic mass is 19.1. The van der Waals surface area contributed by atoms with Crippen LogP contribution in [0.3, 0.4) is 0 Å². The molecule has 1 aliphatic carbocycles. The van der Waals surface area contributed by atoms with Gasteiger partial charge in [-0.15, -0.1) is 0 Å². The first-order chi connectivity index (χ1) is 9.63. The lowest BCUT2D eigenvalue weighted by molar-refractivity contribution is 0.186. The summed E-state index contributed by atoms with van der Waals surface area (Å²) in [7, 11) is 3.52. The van der Waals surface area contributed by atoms with E-state index in [4.69, 9.17) is 4.74 Å². The van der Waals surface area contributed by atoms with Gasteiger partial charge in [0.05, 0.1) is 7.11 Å². The van der Waals surface area contributed by atoms with Gasteiger partial charge in [0, 0.05) is 0 Å².